The molecular weight excluding hydrogens is 186 g/mol. The molecule has 0 atom stereocenters. The van der Waals surface area contributed by atoms with Gasteiger partial charge in [-0.05, 0) is 12.8 Å². The number of hydrogen-bond acceptors (Lipinski definition) is 2. The number of benzene rings is 1. The zero-order valence-electron chi connectivity index (χ0n) is 8.43. The summed E-state index contributed by atoms with van der Waals surface area (Å²) in [6.45, 7) is 0. The summed E-state index contributed by atoms with van der Waals surface area (Å²) >= 11 is 0. The third-order valence-corrected chi connectivity index (χ3v) is 2.82. The van der Waals surface area contributed by atoms with Gasteiger partial charge in [0.1, 0.15) is 11.5 Å². The van der Waals surface area contributed by atoms with Crippen molar-refractivity contribution in [3.05, 3.63) is 36.7 Å². The van der Waals surface area contributed by atoms with Crippen molar-refractivity contribution in [2.45, 2.75) is 18.9 Å². The first-order valence-electron chi connectivity index (χ1n) is 5.24. The van der Waals surface area contributed by atoms with Crippen LogP contribution in [0.3, 0.4) is 0 Å². The van der Waals surface area contributed by atoms with Gasteiger partial charge in [-0.2, -0.15) is 0 Å². The minimum Gasteiger partial charge on any atom is -0.383 e. The monoisotopic (exact) mass is 199 g/mol. The van der Waals surface area contributed by atoms with Gasteiger partial charge in [0, 0.05) is 11.6 Å². The fourth-order valence-electron chi connectivity index (χ4n) is 1.83. The standard InChI is InChI=1S/C12H13N3/c13-12-11(9-4-2-1-3-5-9)14-8-15(12)10-6-7-10/h1-5,8,10H,6-7,13H2. The smallest absolute Gasteiger partial charge is 0.131 e. The van der Waals surface area contributed by atoms with Gasteiger partial charge in [0.15, 0.2) is 0 Å². The average Bonchev–Trinajstić information content (AvgIpc) is 3.04. The van der Waals surface area contributed by atoms with E-state index < -0.39 is 0 Å². The van der Waals surface area contributed by atoms with Crippen LogP contribution in [0.4, 0.5) is 5.82 Å². The molecule has 15 heavy (non-hydrogen) atoms. The van der Waals surface area contributed by atoms with Gasteiger partial charge in [-0.25, -0.2) is 4.98 Å². The van der Waals surface area contributed by atoms with E-state index in [-0.39, 0.29) is 0 Å². The molecule has 1 saturated carbocycles. The van der Waals surface area contributed by atoms with Gasteiger partial charge in [0.05, 0.1) is 6.33 Å². The number of nitrogen functional groups attached to an aromatic ring is 1. The summed E-state index contributed by atoms with van der Waals surface area (Å²) < 4.78 is 2.09. The topological polar surface area (TPSA) is 43.8 Å². The number of imidazole rings is 1. The Bertz CT molecular complexity index is 469. The van der Waals surface area contributed by atoms with E-state index in [4.69, 9.17) is 5.73 Å². The molecular formula is C12H13N3. The van der Waals surface area contributed by atoms with Crippen LogP contribution >= 0.6 is 0 Å². The molecule has 0 saturated heterocycles. The van der Waals surface area contributed by atoms with Crippen LogP contribution in [0.15, 0.2) is 36.7 Å². The lowest BCUT2D eigenvalue weighted by Crippen LogP contribution is -1.99. The molecule has 0 amide bonds. The molecule has 0 spiro atoms. The molecule has 3 rings (SSSR count). The van der Waals surface area contributed by atoms with Crippen molar-refractivity contribution in [3.8, 4) is 11.3 Å². The van der Waals surface area contributed by atoms with Crippen molar-refractivity contribution in [1.29, 1.82) is 0 Å². The van der Waals surface area contributed by atoms with Crippen molar-refractivity contribution in [2.24, 2.45) is 0 Å². The van der Waals surface area contributed by atoms with Crippen molar-refractivity contribution in [2.75, 3.05) is 5.73 Å². The number of aromatic nitrogens is 2. The summed E-state index contributed by atoms with van der Waals surface area (Å²) in [6, 6.07) is 10.7. The molecule has 0 aliphatic heterocycles. The molecule has 1 aromatic carbocycles. The normalized spacial score (nSPS) is 15.5. The van der Waals surface area contributed by atoms with Crippen LogP contribution in [0.5, 0.6) is 0 Å². The van der Waals surface area contributed by atoms with Crippen LogP contribution < -0.4 is 5.73 Å². The van der Waals surface area contributed by atoms with E-state index in [1.165, 1.54) is 12.8 Å². The van der Waals surface area contributed by atoms with E-state index >= 15 is 0 Å². The molecule has 1 fully saturated rings. The predicted molar refractivity (Wildman–Crippen MR) is 60.3 cm³/mol. The quantitative estimate of drug-likeness (QED) is 0.807. The fraction of sp³-hybridized carbons (Fsp3) is 0.250. The van der Waals surface area contributed by atoms with Crippen LogP contribution in [-0.4, -0.2) is 9.55 Å². The lowest BCUT2D eigenvalue weighted by Gasteiger charge is -2.02. The van der Waals surface area contributed by atoms with Crippen LogP contribution in [0.1, 0.15) is 18.9 Å². The highest BCUT2D eigenvalue weighted by Crippen LogP contribution is 2.38. The van der Waals surface area contributed by atoms with Crippen molar-refractivity contribution < 1.29 is 0 Å². The second-order valence-electron chi connectivity index (χ2n) is 3.98. The van der Waals surface area contributed by atoms with E-state index in [0.29, 0.717) is 6.04 Å². The number of anilines is 1. The fourth-order valence-corrected chi connectivity index (χ4v) is 1.83. The Morgan fingerprint density at radius 2 is 1.93 bits per heavy atom. The van der Waals surface area contributed by atoms with E-state index in [0.717, 1.165) is 17.1 Å². The third-order valence-electron chi connectivity index (χ3n) is 2.82. The summed E-state index contributed by atoms with van der Waals surface area (Å²) in [7, 11) is 0. The van der Waals surface area contributed by atoms with Gasteiger partial charge in [-0.3, -0.25) is 0 Å². The van der Waals surface area contributed by atoms with Crippen LogP contribution in [0.2, 0.25) is 0 Å². The maximum atomic E-state index is 6.08. The van der Waals surface area contributed by atoms with Gasteiger partial charge >= 0.3 is 0 Å². The Balaban J connectivity index is 2.05. The molecule has 0 bridgehead atoms. The van der Waals surface area contributed by atoms with Crippen molar-refractivity contribution >= 4 is 5.82 Å². The molecule has 0 unspecified atom stereocenters. The zero-order valence-corrected chi connectivity index (χ0v) is 8.43. The van der Waals surface area contributed by atoms with Crippen LogP contribution in [0, 0.1) is 0 Å². The van der Waals surface area contributed by atoms with Gasteiger partial charge in [-0.1, -0.05) is 30.3 Å². The average molecular weight is 199 g/mol. The number of rotatable bonds is 2. The first kappa shape index (κ1) is 8.53. The molecule has 1 aromatic heterocycles. The van der Waals surface area contributed by atoms with Crippen LogP contribution in [0.25, 0.3) is 11.3 Å². The predicted octanol–water partition coefficient (Wildman–Crippen LogP) is 2.47. The minimum atomic E-state index is 0.593. The Labute approximate surface area is 88.6 Å². The first-order chi connectivity index (χ1) is 7.36. The van der Waals surface area contributed by atoms with Crippen molar-refractivity contribution in [3.63, 3.8) is 0 Å². The van der Waals surface area contributed by atoms with Gasteiger partial charge < -0.3 is 10.3 Å². The molecule has 1 aliphatic carbocycles. The molecule has 3 nitrogen and oxygen atoms in total. The Morgan fingerprint density at radius 3 is 2.60 bits per heavy atom. The lowest BCUT2D eigenvalue weighted by molar-refractivity contribution is 0.751. The Kier molecular flexibility index (Phi) is 1.78. The zero-order chi connectivity index (χ0) is 10.3. The van der Waals surface area contributed by atoms with E-state index in [9.17, 15) is 0 Å². The highest BCUT2D eigenvalue weighted by atomic mass is 15.2. The maximum Gasteiger partial charge on any atom is 0.131 e. The molecule has 3 heteroatoms. The molecule has 1 aliphatic rings. The molecule has 0 radical (unpaired) electrons. The summed E-state index contributed by atoms with van der Waals surface area (Å²) in [5, 5.41) is 0. The van der Waals surface area contributed by atoms with Crippen LogP contribution in [-0.2, 0) is 0 Å². The second kappa shape index (κ2) is 3.12. The molecule has 1 heterocycles. The second-order valence-corrected chi connectivity index (χ2v) is 3.98. The number of nitrogens with two attached hydrogens (primary N) is 1. The summed E-state index contributed by atoms with van der Waals surface area (Å²) in [5.74, 6) is 0.795. The summed E-state index contributed by atoms with van der Waals surface area (Å²) in [5.41, 5.74) is 8.07. The van der Waals surface area contributed by atoms with E-state index in [1.807, 2.05) is 36.7 Å². The van der Waals surface area contributed by atoms with Gasteiger partial charge in [-0.15, -0.1) is 0 Å². The highest BCUT2D eigenvalue weighted by Gasteiger charge is 2.26. The number of nitrogens with zero attached hydrogens (tertiary/aromatic N) is 2. The van der Waals surface area contributed by atoms with Crippen molar-refractivity contribution in [1.82, 2.24) is 9.55 Å². The molecule has 2 aromatic rings. The Morgan fingerprint density at radius 1 is 1.20 bits per heavy atom. The minimum absolute atomic E-state index is 0.593. The number of hydrogen-bond donors (Lipinski definition) is 1. The maximum absolute atomic E-state index is 6.08. The lowest BCUT2D eigenvalue weighted by atomic mass is 10.1. The first-order valence-corrected chi connectivity index (χ1v) is 5.24. The summed E-state index contributed by atoms with van der Waals surface area (Å²) in [6.07, 6.45) is 4.32. The SMILES string of the molecule is Nc1c(-c2ccccc2)ncn1C1CC1. The molecule has 2 N–H and O–H groups in total. The molecule has 76 valence electrons. The van der Waals surface area contributed by atoms with Gasteiger partial charge in [0.25, 0.3) is 0 Å². The van der Waals surface area contributed by atoms with E-state index in [2.05, 4.69) is 9.55 Å². The van der Waals surface area contributed by atoms with Gasteiger partial charge in [0.2, 0.25) is 0 Å². The highest BCUT2D eigenvalue weighted by molar-refractivity contribution is 5.70. The largest absolute Gasteiger partial charge is 0.383 e. The van der Waals surface area contributed by atoms with E-state index in [1.54, 1.807) is 0 Å². The third kappa shape index (κ3) is 1.40. The summed E-state index contributed by atoms with van der Waals surface area (Å²) in [4.78, 5) is 4.39. The Hall–Kier alpha value is -1.77.